The van der Waals surface area contributed by atoms with E-state index in [1.54, 1.807) is 0 Å². The van der Waals surface area contributed by atoms with Crippen molar-refractivity contribution >= 4 is 11.7 Å². The minimum absolute atomic E-state index is 0.0639. The fraction of sp³-hybridized carbons (Fsp3) is 0.250. The standard InChI is InChI=1S/C20H19N3O6/c1-13(2)14-3-5-15(6-4-14)20-21-18(29-22-20)11-28-19(24)12-27-17-9-7-16(8-10-17)23(25)26/h3-10,13H,11-12H2,1-2H3. The van der Waals surface area contributed by atoms with E-state index in [1.807, 2.05) is 24.3 Å². The maximum absolute atomic E-state index is 11.8. The zero-order chi connectivity index (χ0) is 20.8. The number of aromatic nitrogens is 2. The van der Waals surface area contributed by atoms with Crippen LogP contribution < -0.4 is 4.74 Å². The van der Waals surface area contributed by atoms with Crippen molar-refractivity contribution in [2.45, 2.75) is 26.4 Å². The van der Waals surface area contributed by atoms with Crippen LogP contribution in [0.3, 0.4) is 0 Å². The van der Waals surface area contributed by atoms with Gasteiger partial charge in [0.15, 0.2) is 13.2 Å². The first-order chi connectivity index (χ1) is 13.9. The summed E-state index contributed by atoms with van der Waals surface area (Å²) in [6.45, 7) is 3.69. The fourth-order valence-electron chi connectivity index (χ4n) is 2.44. The van der Waals surface area contributed by atoms with E-state index in [0.717, 1.165) is 5.56 Å². The third kappa shape index (κ3) is 5.38. The van der Waals surface area contributed by atoms with E-state index in [4.69, 9.17) is 14.0 Å². The van der Waals surface area contributed by atoms with Gasteiger partial charge in [-0.3, -0.25) is 10.1 Å². The van der Waals surface area contributed by atoms with Gasteiger partial charge < -0.3 is 14.0 Å². The number of benzene rings is 2. The minimum Gasteiger partial charge on any atom is -0.482 e. The molecule has 29 heavy (non-hydrogen) atoms. The van der Waals surface area contributed by atoms with Crippen LogP contribution >= 0.6 is 0 Å². The number of non-ortho nitro benzene ring substituents is 1. The SMILES string of the molecule is CC(C)c1ccc(-c2noc(COC(=O)COc3ccc([N+](=O)[O-])cc3)n2)cc1. The molecular weight excluding hydrogens is 378 g/mol. The van der Waals surface area contributed by atoms with Crippen molar-refractivity contribution in [1.82, 2.24) is 10.1 Å². The molecule has 0 N–H and O–H groups in total. The molecule has 150 valence electrons. The van der Waals surface area contributed by atoms with Crippen LogP contribution in [0.25, 0.3) is 11.4 Å². The van der Waals surface area contributed by atoms with Gasteiger partial charge in [0, 0.05) is 17.7 Å². The van der Waals surface area contributed by atoms with E-state index < -0.39 is 10.9 Å². The molecule has 0 atom stereocenters. The van der Waals surface area contributed by atoms with Gasteiger partial charge >= 0.3 is 5.97 Å². The Morgan fingerprint density at radius 2 is 1.83 bits per heavy atom. The van der Waals surface area contributed by atoms with Crippen molar-refractivity contribution in [2.24, 2.45) is 0 Å². The molecule has 0 aliphatic rings. The van der Waals surface area contributed by atoms with E-state index in [1.165, 1.54) is 29.8 Å². The Morgan fingerprint density at radius 3 is 2.45 bits per heavy atom. The van der Waals surface area contributed by atoms with Gasteiger partial charge in [-0.15, -0.1) is 0 Å². The summed E-state index contributed by atoms with van der Waals surface area (Å²) in [4.78, 5) is 26.1. The summed E-state index contributed by atoms with van der Waals surface area (Å²) in [5.74, 6) is 0.685. The van der Waals surface area contributed by atoms with E-state index in [2.05, 4.69) is 24.0 Å². The van der Waals surface area contributed by atoms with Gasteiger partial charge in [0.2, 0.25) is 5.82 Å². The average molecular weight is 397 g/mol. The Morgan fingerprint density at radius 1 is 1.14 bits per heavy atom. The van der Waals surface area contributed by atoms with E-state index >= 15 is 0 Å². The lowest BCUT2D eigenvalue weighted by Crippen LogP contribution is -2.14. The Labute approximate surface area is 166 Å². The maximum Gasteiger partial charge on any atom is 0.344 e. The summed E-state index contributed by atoms with van der Waals surface area (Å²) in [6, 6.07) is 13.2. The Balaban J connectivity index is 1.48. The van der Waals surface area contributed by atoms with Crippen molar-refractivity contribution in [3.05, 3.63) is 70.1 Å². The van der Waals surface area contributed by atoms with Crippen LogP contribution in [-0.2, 0) is 16.1 Å². The molecule has 0 spiro atoms. The minimum atomic E-state index is -0.635. The number of nitrogens with zero attached hydrogens (tertiary/aromatic N) is 3. The molecule has 0 saturated carbocycles. The van der Waals surface area contributed by atoms with Crippen molar-refractivity contribution < 1.29 is 23.7 Å². The second-order valence-electron chi connectivity index (χ2n) is 6.49. The quantitative estimate of drug-likeness (QED) is 0.319. The van der Waals surface area contributed by atoms with Gasteiger partial charge in [-0.2, -0.15) is 4.98 Å². The molecule has 3 rings (SSSR count). The zero-order valence-corrected chi connectivity index (χ0v) is 15.9. The predicted molar refractivity (Wildman–Crippen MR) is 102 cm³/mol. The molecule has 2 aromatic carbocycles. The van der Waals surface area contributed by atoms with Gasteiger partial charge in [-0.25, -0.2) is 4.79 Å². The molecule has 9 heteroatoms. The number of nitro groups is 1. The zero-order valence-electron chi connectivity index (χ0n) is 15.9. The molecule has 1 heterocycles. The second kappa shape index (κ2) is 8.96. The first kappa shape index (κ1) is 20.0. The molecular formula is C20H19N3O6. The summed E-state index contributed by atoms with van der Waals surface area (Å²) < 4.78 is 15.4. The van der Waals surface area contributed by atoms with Crippen LogP contribution in [0.2, 0.25) is 0 Å². The Kier molecular flexibility index (Phi) is 6.18. The average Bonchev–Trinajstić information content (AvgIpc) is 3.20. The molecule has 0 saturated heterocycles. The molecule has 0 aliphatic heterocycles. The number of hydrogen-bond acceptors (Lipinski definition) is 8. The molecule has 0 radical (unpaired) electrons. The normalized spacial score (nSPS) is 10.7. The van der Waals surface area contributed by atoms with Gasteiger partial charge in [0.05, 0.1) is 4.92 Å². The van der Waals surface area contributed by atoms with Gasteiger partial charge in [-0.1, -0.05) is 43.3 Å². The van der Waals surface area contributed by atoms with Gasteiger partial charge in [0.1, 0.15) is 5.75 Å². The number of esters is 1. The van der Waals surface area contributed by atoms with Crippen LogP contribution in [-0.4, -0.2) is 27.6 Å². The van der Waals surface area contributed by atoms with Crippen LogP contribution in [0.5, 0.6) is 5.75 Å². The molecule has 0 fully saturated rings. The summed E-state index contributed by atoms with van der Waals surface area (Å²) in [5, 5.41) is 14.5. The topological polar surface area (TPSA) is 118 Å². The molecule has 0 aliphatic carbocycles. The summed E-state index contributed by atoms with van der Waals surface area (Å²) >= 11 is 0. The number of carbonyl (C=O) groups excluding carboxylic acids is 1. The van der Waals surface area contributed by atoms with Crippen LogP contribution in [0.1, 0.15) is 31.2 Å². The Hall–Kier alpha value is -3.75. The summed E-state index contributed by atoms with van der Waals surface area (Å²) in [5.41, 5.74) is 1.95. The number of ether oxygens (including phenoxy) is 2. The highest BCUT2D eigenvalue weighted by Crippen LogP contribution is 2.21. The first-order valence-electron chi connectivity index (χ1n) is 8.88. The van der Waals surface area contributed by atoms with Crippen molar-refractivity contribution in [1.29, 1.82) is 0 Å². The molecule has 1 aromatic heterocycles. The number of hydrogen-bond donors (Lipinski definition) is 0. The second-order valence-corrected chi connectivity index (χ2v) is 6.49. The van der Waals surface area contributed by atoms with Crippen LogP contribution in [0.15, 0.2) is 53.1 Å². The first-order valence-corrected chi connectivity index (χ1v) is 8.88. The highest BCUT2D eigenvalue weighted by atomic mass is 16.6. The lowest BCUT2D eigenvalue weighted by atomic mass is 10.0. The molecule has 9 nitrogen and oxygen atoms in total. The molecule has 3 aromatic rings. The lowest BCUT2D eigenvalue weighted by Gasteiger charge is -2.05. The highest BCUT2D eigenvalue weighted by Gasteiger charge is 2.12. The maximum atomic E-state index is 11.8. The van der Waals surface area contributed by atoms with Crippen molar-refractivity contribution in [3.8, 4) is 17.1 Å². The third-order valence-corrected chi connectivity index (χ3v) is 4.06. The highest BCUT2D eigenvalue weighted by molar-refractivity contribution is 5.71. The van der Waals surface area contributed by atoms with E-state index in [9.17, 15) is 14.9 Å². The van der Waals surface area contributed by atoms with E-state index in [-0.39, 0.29) is 24.8 Å². The number of carbonyl (C=O) groups is 1. The van der Waals surface area contributed by atoms with E-state index in [0.29, 0.717) is 17.5 Å². The Bertz CT molecular complexity index is 980. The molecule has 0 bridgehead atoms. The van der Waals surface area contributed by atoms with Crippen molar-refractivity contribution in [3.63, 3.8) is 0 Å². The summed E-state index contributed by atoms with van der Waals surface area (Å²) in [7, 11) is 0. The predicted octanol–water partition coefficient (Wildman–Crippen LogP) is 3.89. The number of nitro benzene ring substituents is 1. The molecule has 0 unspecified atom stereocenters. The molecule has 0 amide bonds. The van der Waals surface area contributed by atoms with Crippen LogP contribution in [0, 0.1) is 10.1 Å². The number of rotatable bonds is 8. The fourth-order valence-corrected chi connectivity index (χ4v) is 2.44. The summed E-state index contributed by atoms with van der Waals surface area (Å²) in [6.07, 6.45) is 0. The third-order valence-electron chi connectivity index (χ3n) is 4.06. The smallest absolute Gasteiger partial charge is 0.344 e. The largest absolute Gasteiger partial charge is 0.482 e. The monoisotopic (exact) mass is 397 g/mol. The van der Waals surface area contributed by atoms with Crippen LogP contribution in [0.4, 0.5) is 5.69 Å². The van der Waals surface area contributed by atoms with Gasteiger partial charge in [0.25, 0.3) is 11.6 Å². The van der Waals surface area contributed by atoms with Crippen molar-refractivity contribution in [2.75, 3.05) is 6.61 Å². The van der Waals surface area contributed by atoms with Gasteiger partial charge in [-0.05, 0) is 23.6 Å². The lowest BCUT2D eigenvalue weighted by molar-refractivity contribution is -0.384.